The number of carbonyl (C=O) groups is 2. The lowest BCUT2D eigenvalue weighted by atomic mass is 9.91. The van der Waals surface area contributed by atoms with Gasteiger partial charge in [0.05, 0.1) is 5.56 Å². The number of amides is 2. The molecule has 0 aliphatic carbocycles. The van der Waals surface area contributed by atoms with E-state index in [1.165, 1.54) is 24.3 Å². The number of nitrogens with one attached hydrogen (secondary N) is 2. The molecule has 3 rings (SSSR count). The minimum absolute atomic E-state index is 0.0290. The first kappa shape index (κ1) is 22.2. The van der Waals surface area contributed by atoms with Crippen molar-refractivity contribution in [3.63, 3.8) is 0 Å². The highest BCUT2D eigenvalue weighted by atomic mass is 19.4. The second-order valence-corrected chi connectivity index (χ2v) is 7.19. The minimum atomic E-state index is -4.39. The predicted molar refractivity (Wildman–Crippen MR) is 110 cm³/mol. The number of rotatable bonds is 6. The summed E-state index contributed by atoms with van der Waals surface area (Å²) in [6.07, 6.45) is -2.17. The number of halogens is 3. The molecule has 164 valence electrons. The van der Waals surface area contributed by atoms with Crippen molar-refractivity contribution in [1.82, 2.24) is 10.6 Å². The molecule has 2 aromatic carbocycles. The van der Waals surface area contributed by atoms with Crippen molar-refractivity contribution >= 4 is 23.4 Å². The summed E-state index contributed by atoms with van der Waals surface area (Å²) in [6.45, 7) is 0.940. The number of anilines is 2. The Balaban J connectivity index is 1.69. The number of hydrogen-bond acceptors (Lipinski definition) is 3. The van der Waals surface area contributed by atoms with Gasteiger partial charge in [-0.05, 0) is 48.2 Å². The molecule has 0 bridgehead atoms. The quantitative estimate of drug-likeness (QED) is 0.603. The SMILES string of the molecule is O=C(O)NC/C=C/C(=O)NCC1Cc2ccccc2N(c2ccc(C(F)(F)F)cc2)C1. The van der Waals surface area contributed by atoms with E-state index >= 15 is 0 Å². The molecule has 1 unspecified atom stereocenters. The van der Waals surface area contributed by atoms with E-state index in [1.807, 2.05) is 29.2 Å². The molecule has 2 aromatic rings. The van der Waals surface area contributed by atoms with E-state index in [0.717, 1.165) is 29.8 Å². The van der Waals surface area contributed by atoms with Crippen LogP contribution in [0.4, 0.5) is 29.3 Å². The van der Waals surface area contributed by atoms with Crippen molar-refractivity contribution in [2.45, 2.75) is 12.6 Å². The first-order valence-electron chi connectivity index (χ1n) is 9.68. The van der Waals surface area contributed by atoms with Gasteiger partial charge in [0.1, 0.15) is 0 Å². The Bertz CT molecular complexity index is 958. The number of nitrogens with zero attached hydrogens (tertiary/aromatic N) is 1. The Hall–Kier alpha value is -3.49. The summed E-state index contributed by atoms with van der Waals surface area (Å²) in [5, 5.41) is 13.4. The van der Waals surface area contributed by atoms with Gasteiger partial charge in [-0.1, -0.05) is 24.3 Å². The number of fused-ring (bicyclic) bond motifs is 1. The van der Waals surface area contributed by atoms with Crippen LogP contribution < -0.4 is 15.5 Å². The Morgan fingerprint density at radius 2 is 1.81 bits per heavy atom. The van der Waals surface area contributed by atoms with Crippen molar-refractivity contribution in [1.29, 1.82) is 0 Å². The summed E-state index contributed by atoms with van der Waals surface area (Å²) in [5.74, 6) is -0.293. The van der Waals surface area contributed by atoms with Crippen molar-refractivity contribution < 1.29 is 27.9 Å². The Labute approximate surface area is 177 Å². The van der Waals surface area contributed by atoms with Gasteiger partial charge in [-0.25, -0.2) is 4.79 Å². The number of benzene rings is 2. The first-order chi connectivity index (χ1) is 14.7. The Morgan fingerprint density at radius 1 is 1.10 bits per heavy atom. The van der Waals surface area contributed by atoms with Crippen LogP contribution in [0.2, 0.25) is 0 Å². The van der Waals surface area contributed by atoms with Crippen molar-refractivity contribution in [3.05, 3.63) is 71.8 Å². The van der Waals surface area contributed by atoms with Crippen molar-refractivity contribution in [2.75, 3.05) is 24.5 Å². The smallest absolute Gasteiger partial charge is 0.416 e. The maximum absolute atomic E-state index is 12.9. The molecule has 3 N–H and O–H groups in total. The van der Waals surface area contributed by atoms with Gasteiger partial charge < -0.3 is 20.6 Å². The molecule has 1 aliphatic heterocycles. The summed E-state index contributed by atoms with van der Waals surface area (Å²) < 4.78 is 38.7. The molecular weight excluding hydrogens is 411 g/mol. The van der Waals surface area contributed by atoms with E-state index in [2.05, 4.69) is 10.6 Å². The Morgan fingerprint density at radius 3 is 2.48 bits per heavy atom. The minimum Gasteiger partial charge on any atom is -0.465 e. The molecule has 9 heteroatoms. The van der Waals surface area contributed by atoms with Gasteiger partial charge in [0.25, 0.3) is 0 Å². The van der Waals surface area contributed by atoms with E-state index in [9.17, 15) is 22.8 Å². The summed E-state index contributed by atoms with van der Waals surface area (Å²) in [7, 11) is 0. The van der Waals surface area contributed by atoms with E-state index < -0.39 is 17.8 Å². The average Bonchev–Trinajstić information content (AvgIpc) is 2.74. The van der Waals surface area contributed by atoms with Gasteiger partial charge in [0.15, 0.2) is 0 Å². The van der Waals surface area contributed by atoms with Crippen molar-refractivity contribution in [2.24, 2.45) is 5.92 Å². The van der Waals surface area contributed by atoms with Crippen LogP contribution in [0, 0.1) is 5.92 Å². The molecule has 2 amide bonds. The topological polar surface area (TPSA) is 81.7 Å². The van der Waals surface area contributed by atoms with Crippen LogP contribution in [0.25, 0.3) is 0 Å². The third kappa shape index (κ3) is 6.00. The van der Waals surface area contributed by atoms with Crippen LogP contribution in [0.5, 0.6) is 0 Å². The average molecular weight is 433 g/mol. The summed E-state index contributed by atoms with van der Waals surface area (Å²) in [4.78, 5) is 24.3. The molecular formula is C22H22F3N3O3. The molecule has 1 aliphatic rings. The molecule has 0 saturated carbocycles. The number of carboxylic acid groups (broad SMARTS) is 1. The zero-order chi connectivity index (χ0) is 22.4. The van der Waals surface area contributed by atoms with Crippen LogP contribution in [0.15, 0.2) is 60.7 Å². The predicted octanol–water partition coefficient (Wildman–Crippen LogP) is 3.96. The Kier molecular flexibility index (Phi) is 6.84. The van der Waals surface area contributed by atoms with Gasteiger partial charge in [-0.2, -0.15) is 13.2 Å². The lowest BCUT2D eigenvalue weighted by molar-refractivity contribution is -0.137. The van der Waals surface area contributed by atoms with E-state index in [0.29, 0.717) is 18.8 Å². The molecule has 0 radical (unpaired) electrons. The van der Waals surface area contributed by atoms with Gasteiger partial charge in [-0.15, -0.1) is 0 Å². The number of hydrogen-bond donors (Lipinski definition) is 3. The second kappa shape index (κ2) is 9.55. The fraction of sp³-hybridized carbons (Fsp3) is 0.273. The molecule has 0 aromatic heterocycles. The molecule has 1 heterocycles. The third-order valence-electron chi connectivity index (χ3n) is 4.94. The summed E-state index contributed by atoms with van der Waals surface area (Å²) in [5.41, 5.74) is 1.93. The largest absolute Gasteiger partial charge is 0.465 e. The van der Waals surface area contributed by atoms with Gasteiger partial charge >= 0.3 is 12.3 Å². The maximum atomic E-state index is 12.9. The standard InChI is InChI=1S/C22H22F3N3O3/c23-22(24,25)17-7-9-18(10-8-17)28-14-15(12-16-4-1-2-5-19(16)28)13-27-20(29)6-3-11-26-21(30)31/h1-10,15,26H,11-14H2,(H,27,29)(H,30,31)/b6-3+. The normalized spacial score (nSPS) is 16.1. The fourth-order valence-electron chi connectivity index (χ4n) is 3.51. The second-order valence-electron chi connectivity index (χ2n) is 7.19. The molecule has 0 fully saturated rings. The fourth-order valence-corrected chi connectivity index (χ4v) is 3.51. The van der Waals surface area contributed by atoms with Crippen LogP contribution in [0.3, 0.4) is 0 Å². The first-order valence-corrected chi connectivity index (χ1v) is 9.68. The van der Waals surface area contributed by atoms with Crippen LogP contribution >= 0.6 is 0 Å². The molecule has 0 saturated heterocycles. The van der Waals surface area contributed by atoms with Gasteiger partial charge in [0, 0.05) is 37.1 Å². The van der Waals surface area contributed by atoms with Gasteiger partial charge in [-0.3, -0.25) is 4.79 Å². The van der Waals surface area contributed by atoms with E-state index in [-0.39, 0.29) is 18.4 Å². The molecule has 1 atom stereocenters. The monoisotopic (exact) mass is 433 g/mol. The van der Waals surface area contributed by atoms with Crippen LogP contribution in [-0.4, -0.2) is 36.7 Å². The van der Waals surface area contributed by atoms with Gasteiger partial charge in [0.2, 0.25) is 5.91 Å². The molecule has 6 nitrogen and oxygen atoms in total. The van der Waals surface area contributed by atoms with E-state index in [4.69, 9.17) is 5.11 Å². The third-order valence-corrected chi connectivity index (χ3v) is 4.94. The van der Waals surface area contributed by atoms with Crippen molar-refractivity contribution in [3.8, 4) is 0 Å². The number of para-hydroxylation sites is 1. The number of alkyl halides is 3. The zero-order valence-corrected chi connectivity index (χ0v) is 16.5. The maximum Gasteiger partial charge on any atom is 0.416 e. The lowest BCUT2D eigenvalue weighted by Gasteiger charge is -2.36. The highest BCUT2D eigenvalue weighted by Crippen LogP contribution is 2.37. The highest BCUT2D eigenvalue weighted by molar-refractivity contribution is 5.87. The molecule has 31 heavy (non-hydrogen) atoms. The highest BCUT2D eigenvalue weighted by Gasteiger charge is 2.31. The van der Waals surface area contributed by atoms with Crippen LogP contribution in [-0.2, 0) is 17.4 Å². The zero-order valence-electron chi connectivity index (χ0n) is 16.5. The summed E-state index contributed by atoms with van der Waals surface area (Å²) in [6, 6.07) is 12.7. The number of carbonyl (C=O) groups excluding carboxylic acids is 1. The lowest BCUT2D eigenvalue weighted by Crippen LogP contribution is -2.39. The van der Waals surface area contributed by atoms with Crippen LogP contribution in [0.1, 0.15) is 11.1 Å². The molecule has 0 spiro atoms. The summed E-state index contributed by atoms with van der Waals surface area (Å²) >= 11 is 0. The van der Waals surface area contributed by atoms with E-state index in [1.54, 1.807) is 0 Å².